The number of H-pyrrole nitrogens is 1. The largest absolute Gasteiger partial charge is 0.284 e. The maximum atomic E-state index is 11.3. The quantitative estimate of drug-likeness (QED) is 0.768. The van der Waals surface area contributed by atoms with Crippen molar-refractivity contribution in [1.29, 1.82) is 0 Å². The van der Waals surface area contributed by atoms with Gasteiger partial charge in [0.05, 0.1) is 16.8 Å². The molecular weight excluding hydrogens is 320 g/mol. The zero-order valence-electron chi connectivity index (χ0n) is 12.0. The van der Waals surface area contributed by atoms with Gasteiger partial charge in [-0.05, 0) is 36.8 Å². The molecule has 0 aliphatic rings. The van der Waals surface area contributed by atoms with Crippen LogP contribution in [-0.2, 0) is 10.0 Å². The van der Waals surface area contributed by atoms with Crippen molar-refractivity contribution in [3.8, 4) is 21.0 Å². The first-order valence-corrected chi connectivity index (χ1v) is 9.19. The van der Waals surface area contributed by atoms with Crippen LogP contribution in [0.5, 0.6) is 0 Å². The molecule has 0 saturated heterocycles. The van der Waals surface area contributed by atoms with Gasteiger partial charge in [0.2, 0.25) is 10.0 Å². The Labute approximate surface area is 132 Å². The second kappa shape index (κ2) is 5.54. The number of sulfonamides is 1. The normalized spacial score (nSPS) is 11.5. The molecule has 3 aromatic rings. The Morgan fingerprint density at radius 2 is 1.91 bits per heavy atom. The van der Waals surface area contributed by atoms with E-state index in [0.29, 0.717) is 5.69 Å². The van der Waals surface area contributed by atoms with Crippen LogP contribution in [0.15, 0.2) is 36.4 Å². The Bertz CT molecular complexity index is 912. The van der Waals surface area contributed by atoms with E-state index >= 15 is 0 Å². The van der Waals surface area contributed by atoms with Crippen LogP contribution in [0, 0.1) is 6.92 Å². The zero-order chi connectivity index (χ0) is 15.7. The number of hydrogen-bond acceptors (Lipinski definition) is 5. The van der Waals surface area contributed by atoms with Gasteiger partial charge in [0.25, 0.3) is 0 Å². The Hall–Kier alpha value is -2.19. The van der Waals surface area contributed by atoms with Gasteiger partial charge in [-0.1, -0.05) is 12.1 Å². The number of aromatic nitrogens is 3. The van der Waals surface area contributed by atoms with E-state index in [2.05, 4.69) is 20.1 Å². The first kappa shape index (κ1) is 14.7. The number of benzene rings is 1. The molecule has 0 spiro atoms. The fraction of sp³-hybridized carbons (Fsp3) is 0.143. The van der Waals surface area contributed by atoms with Crippen molar-refractivity contribution < 1.29 is 8.42 Å². The molecule has 0 aliphatic carbocycles. The summed E-state index contributed by atoms with van der Waals surface area (Å²) in [6, 6.07) is 11.3. The molecule has 0 fully saturated rings. The number of nitrogens with one attached hydrogen (secondary N) is 2. The second-order valence-electron chi connectivity index (χ2n) is 4.88. The van der Waals surface area contributed by atoms with E-state index in [1.54, 1.807) is 17.4 Å². The molecule has 1 aromatic carbocycles. The number of rotatable bonds is 4. The summed E-state index contributed by atoms with van der Waals surface area (Å²) in [5.74, 6) is 0. The van der Waals surface area contributed by atoms with Gasteiger partial charge in [0, 0.05) is 10.6 Å². The monoisotopic (exact) mass is 334 g/mol. The Balaban J connectivity index is 1.94. The average Bonchev–Trinajstić information content (AvgIpc) is 3.05. The van der Waals surface area contributed by atoms with Gasteiger partial charge in [-0.25, -0.2) is 8.42 Å². The second-order valence-corrected chi connectivity index (χ2v) is 7.71. The van der Waals surface area contributed by atoms with E-state index in [0.717, 1.165) is 33.0 Å². The van der Waals surface area contributed by atoms with Gasteiger partial charge in [-0.3, -0.25) is 4.72 Å². The van der Waals surface area contributed by atoms with Crippen molar-refractivity contribution in [3.05, 3.63) is 42.1 Å². The Kier molecular flexibility index (Phi) is 3.71. The molecule has 0 radical (unpaired) electrons. The molecule has 8 heteroatoms. The van der Waals surface area contributed by atoms with E-state index in [1.165, 1.54) is 0 Å². The van der Waals surface area contributed by atoms with Crippen LogP contribution in [0.3, 0.4) is 0 Å². The van der Waals surface area contributed by atoms with Crippen molar-refractivity contribution in [2.75, 3.05) is 11.0 Å². The van der Waals surface area contributed by atoms with Crippen molar-refractivity contribution in [2.45, 2.75) is 6.92 Å². The van der Waals surface area contributed by atoms with Crippen LogP contribution >= 0.6 is 11.3 Å². The smallest absolute Gasteiger partial charge is 0.229 e. The molecule has 0 unspecified atom stereocenters. The predicted octanol–water partition coefficient (Wildman–Crippen LogP) is 2.88. The Morgan fingerprint density at radius 3 is 2.59 bits per heavy atom. The van der Waals surface area contributed by atoms with E-state index in [9.17, 15) is 8.42 Å². The van der Waals surface area contributed by atoms with Crippen molar-refractivity contribution in [1.82, 2.24) is 15.4 Å². The summed E-state index contributed by atoms with van der Waals surface area (Å²) in [6.45, 7) is 1.90. The maximum absolute atomic E-state index is 11.3. The maximum Gasteiger partial charge on any atom is 0.229 e. The van der Waals surface area contributed by atoms with Gasteiger partial charge < -0.3 is 0 Å². The first-order chi connectivity index (χ1) is 10.4. The van der Waals surface area contributed by atoms with Gasteiger partial charge >= 0.3 is 0 Å². The van der Waals surface area contributed by atoms with Crippen LogP contribution in [0.1, 0.15) is 5.69 Å². The van der Waals surface area contributed by atoms with Crippen LogP contribution in [0.25, 0.3) is 21.0 Å². The van der Waals surface area contributed by atoms with E-state index in [1.807, 2.05) is 37.3 Å². The fourth-order valence-corrected chi connectivity index (χ4v) is 3.69. The third kappa shape index (κ3) is 3.18. The van der Waals surface area contributed by atoms with Gasteiger partial charge in [-0.2, -0.15) is 15.4 Å². The molecule has 0 saturated carbocycles. The van der Waals surface area contributed by atoms with Gasteiger partial charge in [0.15, 0.2) is 0 Å². The zero-order valence-corrected chi connectivity index (χ0v) is 13.6. The van der Waals surface area contributed by atoms with Gasteiger partial charge in [0.1, 0.15) is 5.69 Å². The number of nitrogens with zero attached hydrogens (tertiary/aromatic N) is 2. The highest BCUT2D eigenvalue weighted by Crippen LogP contribution is 2.35. The third-order valence-corrected chi connectivity index (χ3v) is 4.76. The summed E-state index contributed by atoms with van der Waals surface area (Å²) in [7, 11) is -3.28. The highest BCUT2D eigenvalue weighted by Gasteiger charge is 2.11. The lowest BCUT2D eigenvalue weighted by molar-refractivity contribution is 0.607. The van der Waals surface area contributed by atoms with Crippen molar-refractivity contribution in [2.24, 2.45) is 0 Å². The summed E-state index contributed by atoms with van der Waals surface area (Å²) in [6.07, 6.45) is 1.14. The van der Waals surface area contributed by atoms with Crippen molar-refractivity contribution >= 4 is 27.0 Å². The molecule has 0 atom stereocenters. The first-order valence-electron chi connectivity index (χ1n) is 6.48. The molecule has 3 rings (SSSR count). The topological polar surface area (TPSA) is 87.7 Å². The molecular formula is C14H14N4O2S2. The molecule has 2 N–H and O–H groups in total. The van der Waals surface area contributed by atoms with Gasteiger partial charge in [-0.15, -0.1) is 11.3 Å². The lowest BCUT2D eigenvalue weighted by Gasteiger charge is -2.05. The SMILES string of the molecule is Cc1n[nH]nc1-c1ccc(-c2cccc(NS(C)(=O)=O)c2)s1. The van der Waals surface area contributed by atoms with Crippen LogP contribution in [0.2, 0.25) is 0 Å². The van der Waals surface area contributed by atoms with Crippen LogP contribution in [-0.4, -0.2) is 30.1 Å². The molecule has 22 heavy (non-hydrogen) atoms. The van der Waals surface area contributed by atoms with Crippen molar-refractivity contribution in [3.63, 3.8) is 0 Å². The minimum Gasteiger partial charge on any atom is -0.284 e. The van der Waals surface area contributed by atoms with Crippen LogP contribution < -0.4 is 4.72 Å². The number of hydrogen-bond donors (Lipinski definition) is 2. The average molecular weight is 334 g/mol. The minimum absolute atomic E-state index is 0.549. The Morgan fingerprint density at radius 1 is 1.14 bits per heavy atom. The summed E-state index contributed by atoms with van der Waals surface area (Å²) in [5, 5.41) is 10.8. The lowest BCUT2D eigenvalue weighted by Crippen LogP contribution is -2.09. The predicted molar refractivity (Wildman–Crippen MR) is 88.3 cm³/mol. The third-order valence-electron chi connectivity index (χ3n) is 3.01. The van der Waals surface area contributed by atoms with Crippen LogP contribution in [0.4, 0.5) is 5.69 Å². The molecule has 6 nitrogen and oxygen atoms in total. The highest BCUT2D eigenvalue weighted by molar-refractivity contribution is 7.92. The number of thiophene rings is 1. The van der Waals surface area contributed by atoms with E-state index in [4.69, 9.17) is 0 Å². The molecule has 114 valence electrons. The molecule has 0 amide bonds. The molecule has 2 heterocycles. The lowest BCUT2D eigenvalue weighted by atomic mass is 10.1. The summed E-state index contributed by atoms with van der Waals surface area (Å²) in [5.41, 5.74) is 3.18. The summed E-state index contributed by atoms with van der Waals surface area (Å²) < 4.78 is 25.1. The minimum atomic E-state index is -3.28. The summed E-state index contributed by atoms with van der Waals surface area (Å²) in [4.78, 5) is 2.05. The molecule has 2 aromatic heterocycles. The molecule has 0 bridgehead atoms. The highest BCUT2D eigenvalue weighted by atomic mass is 32.2. The van der Waals surface area contributed by atoms with E-state index in [-0.39, 0.29) is 0 Å². The fourth-order valence-electron chi connectivity index (χ4n) is 2.09. The van der Waals surface area contributed by atoms with E-state index < -0.39 is 10.0 Å². The number of anilines is 1. The number of aryl methyl sites for hydroxylation is 1. The molecule has 0 aliphatic heterocycles. The standard InChI is InChI=1S/C14H14N4O2S2/c1-9-14(16-18-15-9)13-7-6-12(21-13)10-4-3-5-11(8-10)17-22(2,19)20/h3-8,17H,1-2H3,(H,15,16,18). The number of aromatic amines is 1. The summed E-state index contributed by atoms with van der Waals surface area (Å²) >= 11 is 1.58.